The van der Waals surface area contributed by atoms with Gasteiger partial charge in [-0.05, 0) is 18.4 Å². The Labute approximate surface area is 125 Å². The van der Waals surface area contributed by atoms with Crippen LogP contribution in [0.5, 0.6) is 0 Å². The average Bonchev–Trinajstić information content (AvgIpc) is 3.12. The smallest absolute Gasteiger partial charge is 0.228 e. The highest BCUT2D eigenvalue weighted by Gasteiger charge is 2.19. The summed E-state index contributed by atoms with van der Waals surface area (Å²) in [6.45, 7) is 2.05. The van der Waals surface area contributed by atoms with Crippen LogP contribution in [0.15, 0.2) is 35.3 Å². The summed E-state index contributed by atoms with van der Waals surface area (Å²) in [7, 11) is 1.85. The largest absolute Gasteiger partial charge is 0.338 e. The lowest BCUT2D eigenvalue weighted by Gasteiger charge is -2.23. The van der Waals surface area contributed by atoms with Crippen molar-refractivity contribution >= 4 is 33.5 Å². The lowest BCUT2D eigenvalue weighted by Crippen LogP contribution is -2.30. The van der Waals surface area contributed by atoms with Crippen molar-refractivity contribution in [1.29, 1.82) is 0 Å². The van der Waals surface area contributed by atoms with Crippen LogP contribution in [0.25, 0.3) is 4.96 Å². The molecular weight excluding hydrogens is 290 g/mol. The quantitative estimate of drug-likeness (QED) is 0.742. The maximum absolute atomic E-state index is 12.3. The first-order chi connectivity index (χ1) is 9.65. The van der Waals surface area contributed by atoms with Gasteiger partial charge >= 0.3 is 0 Å². The van der Waals surface area contributed by atoms with E-state index in [0.29, 0.717) is 6.42 Å². The van der Waals surface area contributed by atoms with E-state index in [-0.39, 0.29) is 11.9 Å². The molecule has 4 nitrogen and oxygen atoms in total. The minimum atomic E-state index is 0.0941. The molecule has 1 amide bonds. The summed E-state index contributed by atoms with van der Waals surface area (Å²) in [5, 5.41) is 4.02. The van der Waals surface area contributed by atoms with E-state index in [2.05, 4.69) is 18.0 Å². The molecule has 6 heteroatoms. The van der Waals surface area contributed by atoms with Gasteiger partial charge in [0.1, 0.15) is 0 Å². The molecule has 3 aromatic heterocycles. The predicted molar refractivity (Wildman–Crippen MR) is 82.3 cm³/mol. The Kier molecular flexibility index (Phi) is 3.58. The fraction of sp³-hybridized carbons (Fsp3) is 0.286. The SMILES string of the molecule is CC(c1cccs1)N(C)C(=O)Cc1cn2ccsc2n1. The van der Waals surface area contributed by atoms with Crippen LogP contribution in [0.3, 0.4) is 0 Å². The summed E-state index contributed by atoms with van der Waals surface area (Å²) in [5.74, 6) is 0.0941. The van der Waals surface area contributed by atoms with Crippen molar-refractivity contribution in [2.24, 2.45) is 0 Å². The van der Waals surface area contributed by atoms with E-state index in [1.807, 2.05) is 40.7 Å². The summed E-state index contributed by atoms with van der Waals surface area (Å²) in [4.78, 5) is 20.7. The Morgan fingerprint density at radius 2 is 2.30 bits per heavy atom. The van der Waals surface area contributed by atoms with Crippen LogP contribution in [0.1, 0.15) is 23.5 Å². The van der Waals surface area contributed by atoms with Crippen LogP contribution >= 0.6 is 22.7 Å². The van der Waals surface area contributed by atoms with Crippen LogP contribution in [0.2, 0.25) is 0 Å². The minimum absolute atomic E-state index is 0.0941. The number of carbonyl (C=O) groups excluding carboxylic acids is 1. The highest BCUT2D eigenvalue weighted by atomic mass is 32.1. The number of carbonyl (C=O) groups is 1. The molecule has 0 aromatic carbocycles. The number of hydrogen-bond acceptors (Lipinski definition) is 4. The first-order valence-electron chi connectivity index (χ1n) is 6.35. The van der Waals surface area contributed by atoms with Crippen molar-refractivity contribution in [1.82, 2.24) is 14.3 Å². The van der Waals surface area contributed by atoms with Gasteiger partial charge in [0.25, 0.3) is 0 Å². The molecule has 0 saturated heterocycles. The van der Waals surface area contributed by atoms with Gasteiger partial charge in [-0.15, -0.1) is 22.7 Å². The molecule has 0 spiro atoms. The Balaban J connectivity index is 1.70. The van der Waals surface area contributed by atoms with E-state index in [1.54, 1.807) is 27.6 Å². The number of thiophene rings is 1. The lowest BCUT2D eigenvalue weighted by atomic mass is 10.2. The molecule has 20 heavy (non-hydrogen) atoms. The number of fused-ring (bicyclic) bond motifs is 1. The number of likely N-dealkylation sites (N-methyl/N-ethyl adjacent to an activating group) is 1. The van der Waals surface area contributed by atoms with Gasteiger partial charge in [-0.3, -0.25) is 9.20 Å². The highest BCUT2D eigenvalue weighted by molar-refractivity contribution is 7.15. The van der Waals surface area contributed by atoms with E-state index < -0.39 is 0 Å². The molecule has 1 atom stereocenters. The highest BCUT2D eigenvalue weighted by Crippen LogP contribution is 2.24. The van der Waals surface area contributed by atoms with Crippen molar-refractivity contribution < 1.29 is 4.79 Å². The van der Waals surface area contributed by atoms with Crippen LogP contribution in [0, 0.1) is 0 Å². The minimum Gasteiger partial charge on any atom is -0.338 e. The fourth-order valence-electron chi connectivity index (χ4n) is 2.08. The first-order valence-corrected chi connectivity index (χ1v) is 8.11. The van der Waals surface area contributed by atoms with Gasteiger partial charge in [0.05, 0.1) is 18.2 Å². The second-order valence-corrected chi connectivity index (χ2v) is 6.55. The number of rotatable bonds is 4. The molecule has 0 bridgehead atoms. The number of imidazole rings is 1. The maximum Gasteiger partial charge on any atom is 0.228 e. The lowest BCUT2D eigenvalue weighted by molar-refractivity contribution is -0.131. The van der Waals surface area contributed by atoms with Crippen molar-refractivity contribution in [2.45, 2.75) is 19.4 Å². The molecule has 0 saturated carbocycles. The third-order valence-corrected chi connectivity index (χ3v) is 5.22. The average molecular weight is 305 g/mol. The van der Waals surface area contributed by atoms with Gasteiger partial charge in [-0.2, -0.15) is 0 Å². The van der Waals surface area contributed by atoms with Gasteiger partial charge in [0.2, 0.25) is 5.91 Å². The number of thiazole rings is 1. The van der Waals surface area contributed by atoms with E-state index >= 15 is 0 Å². The normalized spacial score (nSPS) is 12.7. The van der Waals surface area contributed by atoms with Crippen molar-refractivity contribution in [3.8, 4) is 0 Å². The Hall–Kier alpha value is -1.66. The molecule has 1 unspecified atom stereocenters. The molecule has 0 N–H and O–H groups in total. The second kappa shape index (κ2) is 5.38. The molecule has 3 aromatic rings. The Morgan fingerprint density at radius 1 is 1.45 bits per heavy atom. The molecule has 3 heterocycles. The fourth-order valence-corrected chi connectivity index (χ4v) is 3.62. The zero-order chi connectivity index (χ0) is 14.1. The molecule has 0 aliphatic heterocycles. The zero-order valence-corrected chi connectivity index (χ0v) is 12.9. The molecular formula is C14H15N3OS2. The number of hydrogen-bond donors (Lipinski definition) is 0. The zero-order valence-electron chi connectivity index (χ0n) is 11.3. The first kappa shape index (κ1) is 13.3. The molecule has 3 rings (SSSR count). The molecule has 0 aliphatic rings. The standard InChI is InChI=1S/C14H15N3OS2/c1-10(12-4-3-6-19-12)16(2)13(18)8-11-9-17-5-7-20-14(17)15-11/h3-7,9-10H,8H2,1-2H3. The summed E-state index contributed by atoms with van der Waals surface area (Å²) in [5.41, 5.74) is 0.826. The molecule has 0 fully saturated rings. The summed E-state index contributed by atoms with van der Waals surface area (Å²) < 4.78 is 1.95. The third-order valence-electron chi connectivity index (χ3n) is 3.40. The van der Waals surface area contributed by atoms with Gasteiger partial charge in [-0.25, -0.2) is 4.98 Å². The van der Waals surface area contributed by atoms with E-state index in [9.17, 15) is 4.79 Å². The van der Waals surface area contributed by atoms with Gasteiger partial charge < -0.3 is 4.90 Å². The van der Waals surface area contributed by atoms with Crippen LogP contribution in [-0.4, -0.2) is 27.2 Å². The Bertz CT molecular complexity index is 685. The maximum atomic E-state index is 12.3. The third kappa shape index (κ3) is 2.48. The molecule has 0 radical (unpaired) electrons. The van der Waals surface area contributed by atoms with Crippen molar-refractivity contribution in [2.75, 3.05) is 7.05 Å². The summed E-state index contributed by atoms with van der Waals surface area (Å²) in [6, 6.07) is 4.18. The molecule has 104 valence electrons. The van der Waals surface area contributed by atoms with Crippen LogP contribution in [-0.2, 0) is 11.2 Å². The van der Waals surface area contributed by atoms with E-state index in [0.717, 1.165) is 10.7 Å². The summed E-state index contributed by atoms with van der Waals surface area (Å²) in [6.07, 6.45) is 4.23. The van der Waals surface area contributed by atoms with Crippen molar-refractivity contribution in [3.63, 3.8) is 0 Å². The van der Waals surface area contributed by atoms with Gasteiger partial charge in [0, 0.05) is 29.7 Å². The number of aromatic nitrogens is 2. The van der Waals surface area contributed by atoms with Gasteiger partial charge in [-0.1, -0.05) is 6.07 Å². The Morgan fingerprint density at radius 3 is 3.00 bits per heavy atom. The number of amides is 1. The summed E-state index contributed by atoms with van der Waals surface area (Å²) >= 11 is 3.25. The topological polar surface area (TPSA) is 37.6 Å². The van der Waals surface area contributed by atoms with Crippen LogP contribution in [0.4, 0.5) is 0 Å². The molecule has 0 aliphatic carbocycles. The second-order valence-electron chi connectivity index (χ2n) is 4.70. The predicted octanol–water partition coefficient (Wildman–Crippen LogP) is 3.22. The van der Waals surface area contributed by atoms with E-state index in [4.69, 9.17) is 0 Å². The van der Waals surface area contributed by atoms with E-state index in [1.165, 1.54) is 4.88 Å². The van der Waals surface area contributed by atoms with Gasteiger partial charge in [0.15, 0.2) is 4.96 Å². The van der Waals surface area contributed by atoms with Crippen molar-refractivity contribution in [3.05, 3.63) is 45.9 Å². The number of nitrogens with zero attached hydrogens (tertiary/aromatic N) is 3. The monoisotopic (exact) mass is 305 g/mol. The van der Waals surface area contributed by atoms with Crippen LogP contribution < -0.4 is 0 Å².